The van der Waals surface area contributed by atoms with Crippen LogP contribution in [0.5, 0.6) is 5.75 Å². The summed E-state index contributed by atoms with van der Waals surface area (Å²) in [6.45, 7) is 3.98. The van der Waals surface area contributed by atoms with Gasteiger partial charge < -0.3 is 15.0 Å². The van der Waals surface area contributed by atoms with Gasteiger partial charge in [0.15, 0.2) is 0 Å². The van der Waals surface area contributed by atoms with E-state index < -0.39 is 0 Å². The van der Waals surface area contributed by atoms with Crippen molar-refractivity contribution >= 4 is 28.8 Å². The van der Waals surface area contributed by atoms with Crippen LogP contribution >= 0.6 is 11.3 Å². The van der Waals surface area contributed by atoms with Crippen molar-refractivity contribution < 1.29 is 14.3 Å². The number of likely N-dealkylation sites (tertiary alicyclic amines) is 1. The summed E-state index contributed by atoms with van der Waals surface area (Å²) in [7, 11) is 1.62. The summed E-state index contributed by atoms with van der Waals surface area (Å²) in [5.41, 5.74) is 2.04. The Balaban J connectivity index is 1.39. The van der Waals surface area contributed by atoms with Crippen LogP contribution in [0, 0.1) is 0 Å². The summed E-state index contributed by atoms with van der Waals surface area (Å²) in [5, 5.41) is 5.11. The smallest absolute Gasteiger partial charge is 0.241 e. The number of nitrogens with zero attached hydrogens (tertiary/aromatic N) is 2. The van der Waals surface area contributed by atoms with Gasteiger partial charge in [0.1, 0.15) is 5.75 Å². The molecule has 2 aliphatic heterocycles. The van der Waals surface area contributed by atoms with E-state index in [2.05, 4.69) is 23.7 Å². The van der Waals surface area contributed by atoms with Gasteiger partial charge in [-0.25, -0.2) is 0 Å². The molecule has 3 heterocycles. The third-order valence-corrected chi connectivity index (χ3v) is 7.16. The molecular formula is C23H29N3O3S. The Morgan fingerprint density at radius 3 is 2.73 bits per heavy atom. The molecule has 1 aromatic carbocycles. The minimum absolute atomic E-state index is 0.0451. The molecule has 2 aromatic rings. The molecule has 2 atom stereocenters. The molecule has 0 aliphatic carbocycles. The van der Waals surface area contributed by atoms with Crippen LogP contribution in [0.15, 0.2) is 35.7 Å². The van der Waals surface area contributed by atoms with Gasteiger partial charge in [-0.05, 0) is 73.5 Å². The van der Waals surface area contributed by atoms with Crippen LogP contribution in [0.4, 0.5) is 5.69 Å². The average molecular weight is 428 g/mol. The van der Waals surface area contributed by atoms with Crippen molar-refractivity contribution in [3.63, 3.8) is 0 Å². The van der Waals surface area contributed by atoms with Gasteiger partial charge in [0.2, 0.25) is 11.8 Å². The van der Waals surface area contributed by atoms with Crippen LogP contribution < -0.4 is 10.1 Å². The molecule has 0 bridgehead atoms. The second-order valence-corrected chi connectivity index (χ2v) is 8.91. The van der Waals surface area contributed by atoms with Gasteiger partial charge in [0.25, 0.3) is 0 Å². The number of thiophene rings is 1. The fraction of sp³-hybridized carbons (Fsp3) is 0.478. The van der Waals surface area contributed by atoms with Crippen LogP contribution in [-0.4, -0.2) is 54.4 Å². The van der Waals surface area contributed by atoms with Crippen molar-refractivity contribution in [1.82, 2.24) is 9.80 Å². The Morgan fingerprint density at radius 1 is 1.20 bits per heavy atom. The number of hydrogen-bond acceptors (Lipinski definition) is 5. The predicted octanol–water partition coefficient (Wildman–Crippen LogP) is 3.70. The summed E-state index contributed by atoms with van der Waals surface area (Å²) >= 11 is 1.79. The van der Waals surface area contributed by atoms with E-state index >= 15 is 0 Å². The largest absolute Gasteiger partial charge is 0.497 e. The third-order valence-electron chi connectivity index (χ3n) is 6.16. The molecule has 0 radical (unpaired) electrons. The Labute approximate surface area is 181 Å². The average Bonchev–Trinajstić information content (AvgIpc) is 3.42. The lowest BCUT2D eigenvalue weighted by Crippen LogP contribution is -2.48. The molecule has 2 unspecified atom stereocenters. The summed E-state index contributed by atoms with van der Waals surface area (Å²) in [5.74, 6) is 0.834. The number of anilines is 1. The SMILES string of the molecule is CCC1c2ccsc2CCN1C(=O)CN1CCCC1C(=O)Nc1ccc(OC)cc1. The van der Waals surface area contributed by atoms with E-state index in [9.17, 15) is 9.59 Å². The molecule has 7 heteroatoms. The first-order chi connectivity index (χ1) is 14.6. The van der Waals surface area contributed by atoms with Crippen LogP contribution in [0.2, 0.25) is 0 Å². The molecular weight excluding hydrogens is 398 g/mol. The van der Waals surface area contributed by atoms with Crippen LogP contribution in [0.25, 0.3) is 0 Å². The molecule has 6 nitrogen and oxygen atoms in total. The van der Waals surface area contributed by atoms with Gasteiger partial charge >= 0.3 is 0 Å². The van der Waals surface area contributed by atoms with Crippen molar-refractivity contribution in [2.24, 2.45) is 0 Å². The molecule has 160 valence electrons. The lowest BCUT2D eigenvalue weighted by Gasteiger charge is -2.37. The number of benzene rings is 1. The van der Waals surface area contributed by atoms with Crippen LogP contribution in [0.3, 0.4) is 0 Å². The highest BCUT2D eigenvalue weighted by molar-refractivity contribution is 7.10. The lowest BCUT2D eigenvalue weighted by atomic mass is 9.97. The number of methoxy groups -OCH3 is 1. The number of amides is 2. The topological polar surface area (TPSA) is 61.9 Å². The van der Waals surface area contributed by atoms with E-state index in [1.54, 1.807) is 18.4 Å². The molecule has 0 spiro atoms. The molecule has 1 N–H and O–H groups in total. The molecule has 0 saturated carbocycles. The van der Waals surface area contributed by atoms with Crippen molar-refractivity contribution in [3.8, 4) is 5.75 Å². The first-order valence-electron chi connectivity index (χ1n) is 10.7. The van der Waals surface area contributed by atoms with Crippen molar-refractivity contribution in [1.29, 1.82) is 0 Å². The number of carbonyl (C=O) groups is 2. The minimum Gasteiger partial charge on any atom is -0.497 e. The van der Waals surface area contributed by atoms with E-state index in [0.29, 0.717) is 6.54 Å². The number of hydrogen-bond donors (Lipinski definition) is 1. The highest BCUT2D eigenvalue weighted by Gasteiger charge is 2.35. The molecule has 2 amide bonds. The van der Waals surface area contributed by atoms with Crippen molar-refractivity contribution in [3.05, 3.63) is 46.2 Å². The van der Waals surface area contributed by atoms with Crippen molar-refractivity contribution in [2.45, 2.75) is 44.7 Å². The number of nitrogens with one attached hydrogen (secondary N) is 1. The molecule has 1 saturated heterocycles. The molecule has 1 aromatic heterocycles. The summed E-state index contributed by atoms with van der Waals surface area (Å²) in [6, 6.07) is 9.36. The summed E-state index contributed by atoms with van der Waals surface area (Å²) in [6.07, 6.45) is 3.55. The first kappa shape index (κ1) is 20.9. The second kappa shape index (κ2) is 9.18. The maximum absolute atomic E-state index is 13.2. The standard InChI is InChI=1S/C23H29N3O3S/c1-3-19-18-11-14-30-21(18)10-13-26(19)22(27)15-25-12-4-5-20(25)23(28)24-16-6-8-17(29-2)9-7-16/h6-9,11,14,19-20H,3-5,10,12-13,15H2,1-2H3,(H,24,28). The van der Waals surface area contributed by atoms with E-state index in [-0.39, 0.29) is 23.9 Å². The van der Waals surface area contributed by atoms with Crippen LogP contribution in [0.1, 0.15) is 42.7 Å². The normalized spacial score (nSPS) is 21.3. The fourth-order valence-electron chi connectivity index (χ4n) is 4.61. The zero-order valence-corrected chi connectivity index (χ0v) is 18.4. The fourth-order valence-corrected chi connectivity index (χ4v) is 5.54. The summed E-state index contributed by atoms with van der Waals surface area (Å²) < 4.78 is 5.16. The zero-order chi connectivity index (χ0) is 21.1. The Bertz CT molecular complexity index is 895. The highest BCUT2D eigenvalue weighted by atomic mass is 32.1. The Morgan fingerprint density at radius 2 is 2.00 bits per heavy atom. The van der Waals surface area contributed by atoms with Gasteiger partial charge in [-0.2, -0.15) is 0 Å². The van der Waals surface area contributed by atoms with Gasteiger partial charge in [-0.1, -0.05) is 6.92 Å². The Hall–Kier alpha value is -2.38. The maximum atomic E-state index is 13.2. The zero-order valence-electron chi connectivity index (χ0n) is 17.6. The predicted molar refractivity (Wildman–Crippen MR) is 119 cm³/mol. The van der Waals surface area contributed by atoms with E-state index in [1.165, 1.54) is 10.4 Å². The van der Waals surface area contributed by atoms with Gasteiger partial charge in [-0.15, -0.1) is 11.3 Å². The monoisotopic (exact) mass is 427 g/mol. The number of fused-ring (bicyclic) bond motifs is 1. The van der Waals surface area contributed by atoms with E-state index in [4.69, 9.17) is 4.74 Å². The Kier molecular flexibility index (Phi) is 6.39. The van der Waals surface area contributed by atoms with E-state index in [0.717, 1.165) is 50.2 Å². The number of ether oxygens (including phenoxy) is 1. The molecule has 30 heavy (non-hydrogen) atoms. The van der Waals surface area contributed by atoms with Gasteiger partial charge in [0.05, 0.1) is 25.7 Å². The second-order valence-electron chi connectivity index (χ2n) is 7.91. The maximum Gasteiger partial charge on any atom is 0.241 e. The molecule has 4 rings (SSSR count). The minimum atomic E-state index is -0.266. The molecule has 2 aliphatic rings. The van der Waals surface area contributed by atoms with Crippen LogP contribution in [-0.2, 0) is 16.0 Å². The van der Waals surface area contributed by atoms with E-state index in [1.807, 2.05) is 34.1 Å². The quantitative estimate of drug-likeness (QED) is 0.764. The van der Waals surface area contributed by atoms with Gasteiger partial charge in [0, 0.05) is 17.1 Å². The lowest BCUT2D eigenvalue weighted by molar-refractivity contribution is -0.136. The van der Waals surface area contributed by atoms with Crippen molar-refractivity contribution in [2.75, 3.05) is 32.1 Å². The highest BCUT2D eigenvalue weighted by Crippen LogP contribution is 2.35. The first-order valence-corrected chi connectivity index (χ1v) is 11.5. The number of rotatable bonds is 6. The third kappa shape index (κ3) is 4.23. The summed E-state index contributed by atoms with van der Waals surface area (Å²) in [4.78, 5) is 31.5. The number of carbonyl (C=O) groups excluding carboxylic acids is 2. The van der Waals surface area contributed by atoms with Gasteiger partial charge in [-0.3, -0.25) is 14.5 Å². The molecule has 1 fully saturated rings.